The van der Waals surface area contributed by atoms with Crippen LogP contribution >= 0.6 is 0 Å². The molecule has 0 amide bonds. The molecule has 16 heavy (non-hydrogen) atoms. The van der Waals surface area contributed by atoms with Gasteiger partial charge in [0, 0.05) is 6.42 Å². The lowest BCUT2D eigenvalue weighted by Gasteiger charge is -2.29. The molecule has 0 aliphatic rings. The minimum atomic E-state index is -1.56. The molecule has 0 aliphatic carbocycles. The number of hydrogen-bond donors (Lipinski definition) is 0. The second kappa shape index (κ2) is 5.30. The van der Waals surface area contributed by atoms with Crippen molar-refractivity contribution >= 4 is 19.2 Å². The summed E-state index contributed by atoms with van der Waals surface area (Å²) in [5.74, 6) is -0.107. The number of esters is 1. The molecule has 88 valence electrons. The third kappa shape index (κ3) is 2.95. The van der Waals surface area contributed by atoms with Crippen LogP contribution in [0.1, 0.15) is 13.3 Å². The van der Waals surface area contributed by atoms with E-state index in [1.165, 1.54) is 12.3 Å². The third-order valence-corrected chi connectivity index (χ3v) is 7.94. The van der Waals surface area contributed by atoms with Crippen molar-refractivity contribution in [3.8, 4) is 0 Å². The number of ether oxygens (including phenoxy) is 1. The van der Waals surface area contributed by atoms with E-state index in [0.717, 1.165) is 0 Å². The summed E-state index contributed by atoms with van der Waals surface area (Å²) in [6.45, 7) is 6.75. The van der Waals surface area contributed by atoms with Crippen LogP contribution in [0.2, 0.25) is 18.6 Å². The van der Waals surface area contributed by atoms with E-state index in [1.807, 2.05) is 6.07 Å². The van der Waals surface area contributed by atoms with Crippen molar-refractivity contribution in [2.45, 2.75) is 32.0 Å². The van der Waals surface area contributed by atoms with Crippen LogP contribution in [0.3, 0.4) is 0 Å². The lowest BCUT2D eigenvalue weighted by atomic mass is 10.3. The predicted molar refractivity (Wildman–Crippen MR) is 69.6 cm³/mol. The molecule has 3 heteroatoms. The Balaban J connectivity index is 2.81. The Morgan fingerprint density at radius 2 is 1.88 bits per heavy atom. The van der Waals surface area contributed by atoms with Gasteiger partial charge in [0.05, 0.1) is 15.2 Å². The van der Waals surface area contributed by atoms with E-state index in [1.54, 1.807) is 0 Å². The molecule has 0 saturated carbocycles. The molecular weight excluding hydrogens is 216 g/mol. The fraction of sp³-hybridized carbons (Fsp3) is 0.462. The number of carbonyl (C=O) groups is 1. The predicted octanol–water partition coefficient (Wildman–Crippen LogP) is 2.56. The largest absolute Gasteiger partial charge is 0.469 e. The third-order valence-electron chi connectivity index (χ3n) is 3.45. The van der Waals surface area contributed by atoms with Crippen LogP contribution in [0.25, 0.3) is 0 Å². The van der Waals surface area contributed by atoms with Gasteiger partial charge < -0.3 is 4.74 Å². The minimum Gasteiger partial charge on any atom is -0.469 e. The van der Waals surface area contributed by atoms with E-state index in [2.05, 4.69) is 44.3 Å². The van der Waals surface area contributed by atoms with E-state index >= 15 is 0 Å². The van der Waals surface area contributed by atoms with Crippen LogP contribution < -0.4 is 5.19 Å². The van der Waals surface area contributed by atoms with Crippen LogP contribution in [-0.4, -0.2) is 21.2 Å². The molecule has 2 nitrogen and oxygen atoms in total. The first-order valence-electron chi connectivity index (χ1n) is 5.61. The van der Waals surface area contributed by atoms with Crippen LogP contribution in [0.4, 0.5) is 0 Å². The molecular formula is C13H20O2Si. The quantitative estimate of drug-likeness (QED) is 0.593. The molecule has 0 aliphatic heterocycles. The molecule has 1 rings (SSSR count). The van der Waals surface area contributed by atoms with Gasteiger partial charge in [-0.25, -0.2) is 0 Å². The summed E-state index contributed by atoms with van der Waals surface area (Å²) in [6, 6.07) is 10.5. The minimum absolute atomic E-state index is 0.107. The van der Waals surface area contributed by atoms with Crippen molar-refractivity contribution in [2.75, 3.05) is 7.11 Å². The van der Waals surface area contributed by atoms with Crippen molar-refractivity contribution in [1.82, 2.24) is 0 Å². The van der Waals surface area contributed by atoms with E-state index in [9.17, 15) is 4.79 Å². The first-order valence-corrected chi connectivity index (χ1v) is 8.68. The van der Waals surface area contributed by atoms with Crippen LogP contribution in [-0.2, 0) is 9.53 Å². The first-order chi connectivity index (χ1) is 7.48. The standard InChI is InChI=1S/C13H20O2Si/c1-11(10-13(14)15-2)16(3,4)12-8-6-5-7-9-12/h5-9,11H,10H2,1-4H3/t11-/m0/s1. The van der Waals surface area contributed by atoms with E-state index < -0.39 is 8.07 Å². The Bertz CT molecular complexity index is 346. The van der Waals surface area contributed by atoms with Crippen molar-refractivity contribution in [3.63, 3.8) is 0 Å². The van der Waals surface area contributed by atoms with Crippen LogP contribution in [0.5, 0.6) is 0 Å². The summed E-state index contributed by atoms with van der Waals surface area (Å²) >= 11 is 0. The zero-order chi connectivity index (χ0) is 12.2. The van der Waals surface area contributed by atoms with Gasteiger partial charge in [0.15, 0.2) is 0 Å². The highest BCUT2D eigenvalue weighted by atomic mass is 28.3. The van der Waals surface area contributed by atoms with E-state index in [-0.39, 0.29) is 5.97 Å². The van der Waals surface area contributed by atoms with Gasteiger partial charge in [-0.05, 0) is 5.54 Å². The zero-order valence-corrected chi connectivity index (χ0v) is 11.5. The normalized spacial score (nSPS) is 13.2. The molecule has 0 fully saturated rings. The second-order valence-corrected chi connectivity index (χ2v) is 9.78. The molecule has 0 saturated heterocycles. The van der Waals surface area contributed by atoms with Crippen molar-refractivity contribution in [3.05, 3.63) is 30.3 Å². The molecule has 0 unspecified atom stereocenters. The average molecular weight is 236 g/mol. The first kappa shape index (κ1) is 13.0. The highest BCUT2D eigenvalue weighted by Crippen LogP contribution is 2.25. The molecule has 0 radical (unpaired) electrons. The van der Waals surface area contributed by atoms with Crippen molar-refractivity contribution in [1.29, 1.82) is 0 Å². The SMILES string of the molecule is COC(=O)C[C@H](C)[Si](C)(C)c1ccccc1. The Labute approximate surface area is 98.6 Å². The molecule has 1 aromatic rings. The van der Waals surface area contributed by atoms with Gasteiger partial charge >= 0.3 is 5.97 Å². The Kier molecular flexibility index (Phi) is 4.30. The molecule has 0 N–H and O–H groups in total. The average Bonchev–Trinajstić information content (AvgIpc) is 2.29. The van der Waals surface area contributed by atoms with E-state index in [0.29, 0.717) is 12.0 Å². The summed E-state index contributed by atoms with van der Waals surface area (Å²) in [5, 5.41) is 1.39. The molecule has 0 heterocycles. The highest BCUT2D eigenvalue weighted by molar-refractivity contribution is 6.91. The maximum absolute atomic E-state index is 11.3. The zero-order valence-electron chi connectivity index (χ0n) is 10.5. The van der Waals surface area contributed by atoms with Gasteiger partial charge in [-0.15, -0.1) is 0 Å². The van der Waals surface area contributed by atoms with Gasteiger partial charge in [-0.2, -0.15) is 0 Å². The fourth-order valence-corrected chi connectivity index (χ4v) is 4.04. The fourth-order valence-electron chi connectivity index (χ4n) is 1.74. The van der Waals surface area contributed by atoms with Crippen LogP contribution in [0.15, 0.2) is 30.3 Å². The summed E-state index contributed by atoms with van der Waals surface area (Å²) in [6.07, 6.45) is 0.518. The van der Waals surface area contributed by atoms with Gasteiger partial charge in [0.25, 0.3) is 0 Å². The number of methoxy groups -OCH3 is 1. The van der Waals surface area contributed by atoms with Crippen LogP contribution in [0, 0.1) is 0 Å². The van der Waals surface area contributed by atoms with Crippen molar-refractivity contribution in [2.24, 2.45) is 0 Å². The second-order valence-electron chi connectivity index (χ2n) is 4.77. The Hall–Kier alpha value is -1.09. The van der Waals surface area contributed by atoms with Gasteiger partial charge in [0.2, 0.25) is 0 Å². The number of carbonyl (C=O) groups excluding carboxylic acids is 1. The number of benzene rings is 1. The van der Waals surface area contributed by atoms with Gasteiger partial charge in [-0.1, -0.05) is 55.5 Å². The molecule has 0 aromatic heterocycles. The Morgan fingerprint density at radius 1 is 1.31 bits per heavy atom. The topological polar surface area (TPSA) is 26.3 Å². The maximum atomic E-state index is 11.3. The van der Waals surface area contributed by atoms with E-state index in [4.69, 9.17) is 4.74 Å². The number of hydrogen-bond acceptors (Lipinski definition) is 2. The summed E-state index contributed by atoms with van der Waals surface area (Å²) in [7, 11) is -0.112. The van der Waals surface area contributed by atoms with Gasteiger partial charge in [0.1, 0.15) is 0 Å². The van der Waals surface area contributed by atoms with Gasteiger partial charge in [-0.3, -0.25) is 4.79 Å². The maximum Gasteiger partial charge on any atom is 0.305 e. The highest BCUT2D eigenvalue weighted by Gasteiger charge is 2.31. The molecule has 0 spiro atoms. The lowest BCUT2D eigenvalue weighted by Crippen LogP contribution is -2.45. The summed E-state index contributed by atoms with van der Waals surface area (Å²) in [4.78, 5) is 11.3. The Morgan fingerprint density at radius 3 is 2.38 bits per heavy atom. The monoisotopic (exact) mass is 236 g/mol. The molecule has 1 aromatic carbocycles. The molecule has 1 atom stereocenters. The molecule has 0 bridgehead atoms. The lowest BCUT2D eigenvalue weighted by molar-refractivity contribution is -0.140. The smallest absolute Gasteiger partial charge is 0.305 e. The summed E-state index contributed by atoms with van der Waals surface area (Å²) < 4.78 is 4.74. The van der Waals surface area contributed by atoms with Crippen molar-refractivity contribution < 1.29 is 9.53 Å². The summed E-state index contributed by atoms with van der Waals surface area (Å²) in [5.41, 5.74) is 0.391. The number of rotatable bonds is 4.